The van der Waals surface area contributed by atoms with Crippen LogP contribution in [0, 0.1) is 5.41 Å². The van der Waals surface area contributed by atoms with Crippen molar-refractivity contribution in [2.24, 2.45) is 0 Å². The van der Waals surface area contributed by atoms with E-state index in [1.54, 1.807) is 12.3 Å². The molecule has 2 aromatic carbocycles. The first kappa shape index (κ1) is 26.8. The molecule has 0 unspecified atom stereocenters. The average molecular weight is 531 g/mol. The Morgan fingerprint density at radius 3 is 2.49 bits per heavy atom. The van der Waals surface area contributed by atoms with E-state index in [9.17, 15) is 4.79 Å². The minimum Gasteiger partial charge on any atom is -0.490 e. The van der Waals surface area contributed by atoms with Gasteiger partial charge in [0, 0.05) is 48.6 Å². The third-order valence-electron chi connectivity index (χ3n) is 7.32. The SMILES string of the molecule is CN/C=C\C(=N)c1c(-c2ccc(NC(=O)OC(C)C)cc2)n(C2CCC2)c2cc(OC3CCOCC3)ccc12. The fourth-order valence-corrected chi connectivity index (χ4v) is 5.25. The number of anilines is 1. The van der Waals surface area contributed by atoms with Gasteiger partial charge in [-0.3, -0.25) is 5.32 Å². The monoisotopic (exact) mass is 530 g/mol. The van der Waals surface area contributed by atoms with Crippen LogP contribution in [0.1, 0.15) is 57.6 Å². The number of hydrogen-bond acceptors (Lipinski definition) is 6. The Labute approximate surface area is 229 Å². The van der Waals surface area contributed by atoms with Crippen molar-refractivity contribution in [1.29, 1.82) is 5.41 Å². The molecular weight excluding hydrogens is 492 g/mol. The second-order valence-electron chi connectivity index (χ2n) is 10.5. The van der Waals surface area contributed by atoms with Gasteiger partial charge in [0.1, 0.15) is 11.9 Å². The van der Waals surface area contributed by atoms with E-state index in [-0.39, 0.29) is 12.2 Å². The summed E-state index contributed by atoms with van der Waals surface area (Å²) in [5, 5.41) is 15.9. The van der Waals surface area contributed by atoms with Crippen molar-refractivity contribution in [3.05, 3.63) is 60.3 Å². The number of ether oxygens (including phenoxy) is 3. The Balaban J connectivity index is 1.59. The molecule has 1 amide bonds. The third-order valence-corrected chi connectivity index (χ3v) is 7.32. The topological polar surface area (TPSA) is 97.6 Å². The van der Waals surface area contributed by atoms with Crippen molar-refractivity contribution in [1.82, 2.24) is 9.88 Å². The molecular formula is C31H38N4O4. The molecule has 0 bridgehead atoms. The second-order valence-corrected chi connectivity index (χ2v) is 10.5. The number of carbonyl (C=O) groups is 1. The molecule has 1 aliphatic heterocycles. The zero-order chi connectivity index (χ0) is 27.4. The largest absolute Gasteiger partial charge is 0.490 e. The molecule has 0 radical (unpaired) electrons. The molecule has 8 nitrogen and oxygen atoms in total. The van der Waals surface area contributed by atoms with Crippen LogP contribution in [0.15, 0.2) is 54.7 Å². The number of aromatic nitrogens is 1. The fourth-order valence-electron chi connectivity index (χ4n) is 5.25. The summed E-state index contributed by atoms with van der Waals surface area (Å²) in [4.78, 5) is 12.1. The maximum Gasteiger partial charge on any atom is 0.411 e. The van der Waals surface area contributed by atoms with E-state index in [4.69, 9.17) is 19.6 Å². The van der Waals surface area contributed by atoms with Crippen LogP contribution in [0.2, 0.25) is 0 Å². The van der Waals surface area contributed by atoms with Crippen LogP contribution >= 0.6 is 0 Å². The smallest absolute Gasteiger partial charge is 0.411 e. The zero-order valence-electron chi connectivity index (χ0n) is 23.0. The van der Waals surface area contributed by atoms with Gasteiger partial charge in [0.15, 0.2) is 0 Å². The summed E-state index contributed by atoms with van der Waals surface area (Å²) < 4.78 is 19.5. The van der Waals surface area contributed by atoms with Gasteiger partial charge >= 0.3 is 6.09 Å². The Morgan fingerprint density at radius 2 is 1.85 bits per heavy atom. The highest BCUT2D eigenvalue weighted by Crippen LogP contribution is 2.44. The molecule has 206 valence electrons. The molecule has 1 aromatic heterocycles. The fraction of sp³-hybridized carbons (Fsp3) is 0.419. The number of fused-ring (bicyclic) bond motifs is 1. The van der Waals surface area contributed by atoms with E-state index >= 15 is 0 Å². The standard InChI is InChI=1S/C31H38N4O4/c1-20(2)38-31(36)34-22-9-7-21(8-10-22)30-29(27(32)13-16-33-3)26-12-11-25(39-24-14-17-37-18-15-24)19-28(26)35(30)23-5-4-6-23/h7-13,16,19-20,23-24,32-33H,4-6,14-15,17-18H2,1-3H3,(H,34,36)/b16-13-,32-27?. The van der Waals surface area contributed by atoms with Gasteiger partial charge < -0.3 is 29.5 Å². The molecule has 3 aromatic rings. The number of nitrogens with zero attached hydrogens (tertiary/aromatic N) is 1. The van der Waals surface area contributed by atoms with Crippen molar-refractivity contribution >= 4 is 28.4 Å². The van der Waals surface area contributed by atoms with Crippen LogP contribution in [-0.2, 0) is 9.47 Å². The van der Waals surface area contributed by atoms with Crippen molar-refractivity contribution in [3.63, 3.8) is 0 Å². The van der Waals surface area contributed by atoms with Crippen LogP contribution in [0.4, 0.5) is 10.5 Å². The van der Waals surface area contributed by atoms with E-state index < -0.39 is 6.09 Å². The molecule has 2 fully saturated rings. The molecule has 2 heterocycles. The normalized spacial score (nSPS) is 16.4. The second kappa shape index (κ2) is 11.9. The predicted octanol–water partition coefficient (Wildman–Crippen LogP) is 6.65. The Kier molecular flexibility index (Phi) is 8.21. The van der Waals surface area contributed by atoms with Gasteiger partial charge in [0.25, 0.3) is 0 Å². The summed E-state index contributed by atoms with van der Waals surface area (Å²) in [6.45, 7) is 5.10. The summed E-state index contributed by atoms with van der Waals surface area (Å²) in [7, 11) is 1.83. The van der Waals surface area contributed by atoms with Crippen LogP contribution < -0.4 is 15.4 Å². The molecule has 2 aliphatic rings. The summed E-state index contributed by atoms with van der Waals surface area (Å²) in [5.74, 6) is 0.853. The van der Waals surface area contributed by atoms with Gasteiger partial charge in [-0.25, -0.2) is 4.79 Å². The van der Waals surface area contributed by atoms with Crippen molar-refractivity contribution < 1.29 is 19.0 Å². The van der Waals surface area contributed by atoms with Crippen LogP contribution in [0.3, 0.4) is 0 Å². The molecule has 3 N–H and O–H groups in total. The minimum atomic E-state index is -0.474. The molecule has 1 saturated heterocycles. The third kappa shape index (κ3) is 5.96. The predicted molar refractivity (Wildman–Crippen MR) is 155 cm³/mol. The lowest BCUT2D eigenvalue weighted by Crippen LogP contribution is -2.25. The molecule has 1 aliphatic carbocycles. The first-order valence-electron chi connectivity index (χ1n) is 13.9. The lowest BCUT2D eigenvalue weighted by atomic mass is 9.92. The maximum atomic E-state index is 12.1. The lowest BCUT2D eigenvalue weighted by molar-refractivity contribution is 0.0256. The van der Waals surface area contributed by atoms with Crippen LogP contribution in [0.25, 0.3) is 22.2 Å². The Hall–Kier alpha value is -3.78. The molecule has 0 atom stereocenters. The van der Waals surface area contributed by atoms with E-state index in [2.05, 4.69) is 27.3 Å². The quantitative estimate of drug-likeness (QED) is 0.269. The lowest BCUT2D eigenvalue weighted by Gasteiger charge is -2.30. The molecule has 5 rings (SSSR count). The Bertz CT molecular complexity index is 1350. The highest BCUT2D eigenvalue weighted by atomic mass is 16.6. The van der Waals surface area contributed by atoms with Gasteiger partial charge in [-0.2, -0.15) is 0 Å². The van der Waals surface area contributed by atoms with Gasteiger partial charge in [0.05, 0.1) is 36.2 Å². The first-order chi connectivity index (χ1) is 18.9. The molecule has 39 heavy (non-hydrogen) atoms. The van der Waals surface area contributed by atoms with E-state index in [0.29, 0.717) is 17.4 Å². The van der Waals surface area contributed by atoms with Crippen molar-refractivity contribution in [3.8, 4) is 17.0 Å². The van der Waals surface area contributed by atoms with Gasteiger partial charge in [-0.15, -0.1) is 0 Å². The highest BCUT2D eigenvalue weighted by Gasteiger charge is 2.29. The number of nitrogens with one attached hydrogen (secondary N) is 3. The summed E-state index contributed by atoms with van der Waals surface area (Å²) >= 11 is 0. The summed E-state index contributed by atoms with van der Waals surface area (Å²) in [6.07, 6.45) is 8.24. The van der Waals surface area contributed by atoms with Crippen LogP contribution in [-0.4, -0.2) is 48.8 Å². The number of amides is 1. The molecule has 0 spiro atoms. The average Bonchev–Trinajstić information content (AvgIpc) is 3.21. The van der Waals surface area contributed by atoms with Gasteiger partial charge in [0.2, 0.25) is 0 Å². The first-order valence-corrected chi connectivity index (χ1v) is 13.9. The maximum absolute atomic E-state index is 12.1. The zero-order valence-corrected chi connectivity index (χ0v) is 23.0. The highest BCUT2D eigenvalue weighted by molar-refractivity contribution is 6.19. The molecule has 1 saturated carbocycles. The number of carbonyl (C=O) groups excluding carboxylic acids is 1. The number of rotatable bonds is 9. The van der Waals surface area contributed by atoms with E-state index in [0.717, 1.165) is 72.4 Å². The van der Waals surface area contributed by atoms with Crippen molar-refractivity contribution in [2.75, 3.05) is 25.6 Å². The summed E-state index contributed by atoms with van der Waals surface area (Å²) in [5.41, 5.74) is 5.07. The number of hydrogen-bond donors (Lipinski definition) is 3. The van der Waals surface area contributed by atoms with Gasteiger partial charge in [-0.1, -0.05) is 12.1 Å². The van der Waals surface area contributed by atoms with Crippen molar-refractivity contribution in [2.45, 2.75) is 64.2 Å². The van der Waals surface area contributed by atoms with Crippen LogP contribution in [0.5, 0.6) is 5.75 Å². The minimum absolute atomic E-state index is 0.154. The number of benzene rings is 2. The Morgan fingerprint density at radius 1 is 1.10 bits per heavy atom. The number of allylic oxidation sites excluding steroid dienone is 1. The van der Waals surface area contributed by atoms with Gasteiger partial charge in [-0.05, 0) is 75.2 Å². The van der Waals surface area contributed by atoms with E-state index in [1.165, 1.54) is 6.42 Å². The van der Waals surface area contributed by atoms with E-state index in [1.807, 2.05) is 51.2 Å². The summed E-state index contributed by atoms with van der Waals surface area (Å²) in [6, 6.07) is 14.4. The molecule has 8 heteroatoms.